The van der Waals surface area contributed by atoms with E-state index in [1.54, 1.807) is 11.3 Å². The second-order valence-electron chi connectivity index (χ2n) is 25.8. The van der Waals surface area contributed by atoms with Crippen LogP contribution in [-0.4, -0.2) is 38.3 Å². The van der Waals surface area contributed by atoms with Gasteiger partial charge in [0, 0.05) is 82.0 Å². The van der Waals surface area contributed by atoms with Gasteiger partial charge in [0.2, 0.25) is 11.2 Å². The Morgan fingerprint density at radius 1 is 0.282 bits per heavy atom. The topological polar surface area (TPSA) is 80.6 Å². The largest absolute Gasteiger partial charge is 0.278 e. The summed E-state index contributed by atoms with van der Waals surface area (Å²) in [5.41, 5.74) is 14.0. The van der Waals surface area contributed by atoms with Crippen LogP contribution in [0.4, 0.5) is 17.3 Å². The molecule has 4 aromatic heterocycles. The van der Waals surface area contributed by atoms with Gasteiger partial charge in [0.1, 0.15) is 0 Å². The van der Waals surface area contributed by atoms with Gasteiger partial charge < -0.3 is 0 Å². The fraction of sp³-hybridized carbons (Fsp3) is 0.0217. The Morgan fingerprint density at radius 3 is 1.26 bits per heavy atom. The molecule has 0 fully saturated rings. The Balaban J connectivity index is 0.000000121. The third-order valence-electron chi connectivity index (χ3n) is 19.9. The summed E-state index contributed by atoms with van der Waals surface area (Å²) < 4.78 is 5.04. The van der Waals surface area contributed by atoms with Crippen LogP contribution >= 0.6 is 34.3 Å². The van der Waals surface area contributed by atoms with Gasteiger partial charge in [-0.15, -0.1) is 22.7 Å². The fourth-order valence-corrected chi connectivity index (χ4v) is 17.6. The zero-order valence-corrected chi connectivity index (χ0v) is 57.0. The van der Waals surface area contributed by atoms with E-state index in [-0.39, 0.29) is 21.1 Å². The van der Waals surface area contributed by atoms with E-state index in [1.807, 2.05) is 35.6 Å². The van der Waals surface area contributed by atoms with Crippen molar-refractivity contribution in [2.24, 2.45) is 0 Å². The molecule has 0 amide bonds. The molecule has 1 aliphatic carbocycles. The summed E-state index contributed by atoms with van der Waals surface area (Å²) in [6.45, 7) is 0. The zero-order valence-electron chi connectivity index (χ0n) is 54.6. The maximum absolute atomic E-state index is 6.30. The van der Waals surface area contributed by atoms with Crippen molar-refractivity contribution in [3.63, 3.8) is 0 Å². The first-order valence-corrected chi connectivity index (χ1v) is 35.8. The molecule has 3 radical (unpaired) electrons. The smallest absolute Gasteiger partial charge is 0.238 e. The lowest BCUT2D eigenvalue weighted by Gasteiger charge is -2.32. The van der Waals surface area contributed by atoms with Crippen LogP contribution in [0.2, 0.25) is 5.28 Å². The number of aromatic nitrogens is 6. The first kappa shape index (κ1) is 62.9. The molecule has 0 saturated heterocycles. The number of nitrogens with zero attached hydrogens (tertiary/aromatic N) is 7. The second-order valence-corrected chi connectivity index (χ2v) is 28.3. The highest BCUT2D eigenvalue weighted by atomic mass is 35.5. The van der Waals surface area contributed by atoms with E-state index in [2.05, 4.69) is 306 Å². The highest BCUT2D eigenvalue weighted by Crippen LogP contribution is 2.53. The molecular weight excluding hydrogens is 1310 g/mol. The van der Waals surface area contributed by atoms with Crippen LogP contribution in [0.3, 0.4) is 0 Å². The summed E-state index contributed by atoms with van der Waals surface area (Å²) in [5, 5.41) is 20.0. The van der Waals surface area contributed by atoms with Crippen molar-refractivity contribution in [1.82, 2.24) is 29.9 Å². The minimum atomic E-state index is 0. The van der Waals surface area contributed by atoms with Crippen LogP contribution in [0.5, 0.6) is 0 Å². The number of hydrogen-bond donors (Lipinski definition) is 0. The first-order chi connectivity index (χ1) is 49.9. The highest BCUT2D eigenvalue weighted by molar-refractivity contribution is 7.26. The molecular formula is C92H58BClN7S2. The first-order valence-electron chi connectivity index (χ1n) is 33.8. The van der Waals surface area contributed by atoms with Crippen molar-refractivity contribution >= 4 is 165 Å². The van der Waals surface area contributed by atoms with E-state index in [9.17, 15) is 0 Å². The highest BCUT2D eigenvalue weighted by Gasteiger charge is 2.31. The summed E-state index contributed by atoms with van der Waals surface area (Å²) >= 11 is 9.91. The molecule has 2 aliphatic rings. The van der Waals surface area contributed by atoms with Gasteiger partial charge >= 0.3 is 0 Å². The van der Waals surface area contributed by atoms with Gasteiger partial charge in [-0.3, -0.25) is 4.90 Å². The molecule has 16 aromatic carbocycles. The quantitative estimate of drug-likeness (QED) is 0.159. The Hall–Kier alpha value is -12.3. The van der Waals surface area contributed by atoms with Crippen LogP contribution in [0, 0.1) is 0 Å². The molecule has 20 aromatic rings. The lowest BCUT2D eigenvalue weighted by Crippen LogP contribution is -2.19. The molecule has 0 atom stereocenters. The number of thiophene rings is 2. The minimum absolute atomic E-state index is 0. The summed E-state index contributed by atoms with van der Waals surface area (Å²) in [7, 11) is 0. The third kappa shape index (κ3) is 10.9. The molecule has 1 aliphatic heterocycles. The average molecular weight is 1370 g/mol. The van der Waals surface area contributed by atoms with Crippen molar-refractivity contribution in [1.29, 1.82) is 0 Å². The number of rotatable bonds is 5. The van der Waals surface area contributed by atoms with E-state index in [0.29, 0.717) is 29.2 Å². The average Bonchev–Trinajstić information content (AvgIpc) is 0.770. The molecule has 0 spiro atoms. The molecule has 0 bridgehead atoms. The summed E-state index contributed by atoms with van der Waals surface area (Å²) in [5.74, 6) is 3.02. The third-order valence-corrected chi connectivity index (χ3v) is 22.4. The van der Waals surface area contributed by atoms with E-state index < -0.39 is 0 Å². The predicted molar refractivity (Wildman–Crippen MR) is 438 cm³/mol. The molecule has 0 N–H and O–H groups in total. The fourth-order valence-electron chi connectivity index (χ4n) is 15.3. The molecule has 5 heterocycles. The molecule has 11 heteroatoms. The van der Waals surface area contributed by atoms with Crippen LogP contribution in [0.15, 0.2) is 315 Å². The standard InChI is InChI=1S/C45H26N4S.C25H14ClN3S.C21H14.CH4.B/c1-2-11-30-25-31(20-19-27(30)9-1)43-46-44(32-22-24-40-36(26-32)34-15-5-6-18-39(34)50-40)48-45(47-43)49-37-17-8-13-29-12-7-16-35(41(29)37)42-33-14-4-3-10-28(33)21-23-38(42)49;26-25-28-23(17-10-9-15-5-1-2-6-16(15)13-17)27-24(29-25)18-11-12-22-20(14-18)19-7-3-4-8-21(19)30-22;1-2-9-18-14(5-1)11-12-17-13-16-8-3-6-15-7-4-10-19(20(15)16)21(17)18;;/h1-26H;1-14H;1-12H,13H2;1H4;. The molecule has 483 valence electrons. The van der Waals surface area contributed by atoms with Crippen molar-refractivity contribution in [3.8, 4) is 67.8 Å². The maximum atomic E-state index is 6.30. The Kier molecular flexibility index (Phi) is 15.7. The van der Waals surface area contributed by atoms with Crippen molar-refractivity contribution in [2.45, 2.75) is 13.8 Å². The normalized spacial score (nSPS) is 11.9. The monoisotopic (exact) mass is 1370 g/mol. The van der Waals surface area contributed by atoms with Crippen LogP contribution in [-0.2, 0) is 6.42 Å². The van der Waals surface area contributed by atoms with Gasteiger partial charge in [0.15, 0.2) is 23.3 Å². The van der Waals surface area contributed by atoms with Crippen LogP contribution < -0.4 is 4.90 Å². The Labute approximate surface area is 608 Å². The van der Waals surface area contributed by atoms with Gasteiger partial charge in [0.25, 0.3) is 0 Å². The van der Waals surface area contributed by atoms with E-state index in [4.69, 9.17) is 31.5 Å². The minimum Gasteiger partial charge on any atom is -0.278 e. The maximum Gasteiger partial charge on any atom is 0.238 e. The van der Waals surface area contributed by atoms with Crippen LogP contribution in [0.25, 0.3) is 173 Å². The summed E-state index contributed by atoms with van der Waals surface area (Å²) in [6, 6.07) is 112. The number of anilines is 3. The molecule has 0 unspecified atom stereocenters. The SMILES string of the molecule is C.Clc1nc(-c2ccc3ccccc3c2)nc(-c2ccc3sc4ccccc4c3c2)n1.[B].c1ccc2c3c(ccc2c1)Cc1cccc2cccc-3c12.c1ccc2cc(-c3nc(-c4ccc5sc6ccccc6c5c4)nc(N4c5ccc6ccccc6c5-c5cccc6cccc4c56)n3)ccc2c1. The van der Waals surface area contributed by atoms with Gasteiger partial charge in [-0.1, -0.05) is 250 Å². The Morgan fingerprint density at radius 2 is 0.689 bits per heavy atom. The van der Waals surface area contributed by atoms with E-state index in [0.717, 1.165) is 50.8 Å². The Bertz CT molecular complexity index is 6820. The van der Waals surface area contributed by atoms with Crippen molar-refractivity contribution in [2.75, 3.05) is 4.90 Å². The van der Waals surface area contributed by atoms with Gasteiger partial charge in [-0.05, 0) is 178 Å². The predicted octanol–water partition coefficient (Wildman–Crippen LogP) is 25.7. The molecule has 22 rings (SSSR count). The van der Waals surface area contributed by atoms with E-state index in [1.165, 1.54) is 128 Å². The lowest BCUT2D eigenvalue weighted by atomic mass is 9.81. The van der Waals surface area contributed by atoms with Gasteiger partial charge in [-0.2, -0.15) is 19.9 Å². The molecule has 7 nitrogen and oxygen atoms in total. The molecule has 0 saturated carbocycles. The lowest BCUT2D eigenvalue weighted by molar-refractivity contribution is 1.02. The number of halogens is 1. The molecule has 103 heavy (non-hydrogen) atoms. The number of fused-ring (bicyclic) bond motifs is 16. The van der Waals surface area contributed by atoms with Gasteiger partial charge in [0.05, 0.1) is 11.4 Å². The van der Waals surface area contributed by atoms with Crippen molar-refractivity contribution < 1.29 is 0 Å². The van der Waals surface area contributed by atoms with Crippen LogP contribution in [0.1, 0.15) is 18.6 Å². The summed E-state index contributed by atoms with van der Waals surface area (Å²) in [6.07, 6.45) is 1.04. The second kappa shape index (κ2) is 25.7. The van der Waals surface area contributed by atoms with Crippen molar-refractivity contribution in [3.05, 3.63) is 332 Å². The summed E-state index contributed by atoms with van der Waals surface area (Å²) in [4.78, 5) is 31.6. The number of benzene rings is 16. The number of hydrogen-bond acceptors (Lipinski definition) is 9. The van der Waals surface area contributed by atoms with Gasteiger partial charge in [-0.25, -0.2) is 9.97 Å². The van der Waals surface area contributed by atoms with E-state index >= 15 is 0 Å². The zero-order chi connectivity index (χ0) is 66.7.